The molecule has 2 aromatic heterocycles. The minimum atomic E-state index is -0.417. The monoisotopic (exact) mass is 397 g/mol. The largest absolute Gasteiger partial charge is 0.488 e. The van der Waals surface area contributed by atoms with Gasteiger partial charge in [-0.3, -0.25) is 0 Å². The summed E-state index contributed by atoms with van der Waals surface area (Å²) >= 11 is 1.63. The van der Waals surface area contributed by atoms with E-state index in [0.29, 0.717) is 17.9 Å². The quantitative estimate of drug-likeness (QED) is 0.688. The van der Waals surface area contributed by atoms with Crippen LogP contribution in [-0.2, 0) is 0 Å². The first-order valence-corrected chi connectivity index (χ1v) is 10.2. The van der Waals surface area contributed by atoms with Crippen molar-refractivity contribution >= 4 is 27.5 Å². The number of anilines is 1. The summed E-state index contributed by atoms with van der Waals surface area (Å²) in [7, 11) is 0. The van der Waals surface area contributed by atoms with Crippen molar-refractivity contribution in [1.29, 1.82) is 0 Å². The number of nitrogens with zero attached hydrogens (tertiary/aromatic N) is 4. The van der Waals surface area contributed by atoms with Gasteiger partial charge in [0, 0.05) is 24.7 Å². The van der Waals surface area contributed by atoms with Gasteiger partial charge in [0.25, 0.3) is 0 Å². The molecule has 2 aliphatic rings. The number of ether oxygens (including phenoxy) is 1. The third-order valence-electron chi connectivity index (χ3n) is 5.37. The normalized spacial score (nSPS) is 21.8. The van der Waals surface area contributed by atoms with Crippen LogP contribution in [-0.4, -0.2) is 40.2 Å². The van der Waals surface area contributed by atoms with E-state index in [1.54, 1.807) is 11.3 Å². The van der Waals surface area contributed by atoms with E-state index in [9.17, 15) is 4.39 Å². The Morgan fingerprint density at radius 2 is 2.00 bits per heavy atom. The average molecular weight is 397 g/mol. The number of benzene rings is 1. The summed E-state index contributed by atoms with van der Waals surface area (Å²) in [4.78, 5) is 14.5. The molecule has 0 spiro atoms. The van der Waals surface area contributed by atoms with Gasteiger partial charge in [0.2, 0.25) is 5.95 Å². The molecule has 5 rings (SSSR count). The lowest BCUT2D eigenvalue weighted by atomic mass is 9.80. The van der Waals surface area contributed by atoms with E-state index in [4.69, 9.17) is 4.74 Å². The zero-order chi connectivity index (χ0) is 19.1. The molecule has 6 nitrogen and oxygen atoms in total. The van der Waals surface area contributed by atoms with Crippen molar-refractivity contribution < 1.29 is 9.13 Å². The standard InChI is InChI=1S/C20H20FN5OS/c1-12(25-15-9-26(10-15)20-22-7-14(21)8-23-20)13-5-16(6-13)27-17-3-2-4-18-19(17)24-11-28-18/h2-4,7-8,11,13,15-16,25H,1,5-6,9-10H2. The zero-order valence-corrected chi connectivity index (χ0v) is 16.0. The fourth-order valence-electron chi connectivity index (χ4n) is 3.66. The topological polar surface area (TPSA) is 63.2 Å². The van der Waals surface area contributed by atoms with Crippen LogP contribution in [0.5, 0.6) is 5.75 Å². The van der Waals surface area contributed by atoms with Gasteiger partial charge in [-0.25, -0.2) is 19.3 Å². The first kappa shape index (κ1) is 17.4. The maximum absolute atomic E-state index is 12.9. The number of allylic oxidation sites excluding steroid dienone is 1. The Bertz CT molecular complexity index is 995. The van der Waals surface area contributed by atoms with Crippen molar-refractivity contribution in [3.63, 3.8) is 0 Å². The third kappa shape index (κ3) is 3.28. The molecule has 3 aromatic rings. The fourth-order valence-corrected chi connectivity index (χ4v) is 4.36. The van der Waals surface area contributed by atoms with E-state index in [0.717, 1.165) is 47.6 Å². The molecule has 0 radical (unpaired) electrons. The van der Waals surface area contributed by atoms with Crippen LogP contribution in [0.1, 0.15) is 12.8 Å². The molecule has 1 N–H and O–H groups in total. The Morgan fingerprint density at radius 1 is 1.21 bits per heavy atom. The van der Waals surface area contributed by atoms with Crippen LogP contribution < -0.4 is 15.0 Å². The van der Waals surface area contributed by atoms with Gasteiger partial charge in [-0.2, -0.15) is 0 Å². The number of hydrogen-bond acceptors (Lipinski definition) is 7. The van der Waals surface area contributed by atoms with Gasteiger partial charge in [0.05, 0.1) is 28.6 Å². The zero-order valence-electron chi connectivity index (χ0n) is 15.2. The molecular formula is C20H20FN5OS. The smallest absolute Gasteiger partial charge is 0.225 e. The average Bonchev–Trinajstić information content (AvgIpc) is 3.11. The summed E-state index contributed by atoms with van der Waals surface area (Å²) in [6.07, 6.45) is 4.53. The highest BCUT2D eigenvalue weighted by molar-refractivity contribution is 7.16. The molecular weight excluding hydrogens is 377 g/mol. The molecule has 0 atom stereocenters. The lowest BCUT2D eigenvalue weighted by molar-refractivity contribution is 0.0786. The SMILES string of the molecule is C=C(NC1CN(c2ncc(F)cn2)C1)C1CC(Oc2cccc3scnc23)C1. The molecule has 1 aliphatic carbocycles. The Kier molecular flexibility index (Phi) is 4.35. The van der Waals surface area contributed by atoms with E-state index in [-0.39, 0.29) is 6.10 Å². The molecule has 3 heterocycles. The molecule has 1 aliphatic heterocycles. The van der Waals surface area contributed by atoms with E-state index < -0.39 is 5.82 Å². The number of hydrogen-bond donors (Lipinski definition) is 1. The highest BCUT2D eigenvalue weighted by atomic mass is 32.1. The van der Waals surface area contributed by atoms with Crippen molar-refractivity contribution in [2.45, 2.75) is 25.0 Å². The van der Waals surface area contributed by atoms with Crippen LogP contribution in [0.2, 0.25) is 0 Å². The van der Waals surface area contributed by atoms with Gasteiger partial charge in [-0.1, -0.05) is 12.6 Å². The number of aromatic nitrogens is 3. The molecule has 144 valence electrons. The van der Waals surface area contributed by atoms with E-state index in [2.05, 4.69) is 32.9 Å². The van der Waals surface area contributed by atoms with Crippen molar-refractivity contribution in [1.82, 2.24) is 20.3 Å². The predicted molar refractivity (Wildman–Crippen MR) is 107 cm³/mol. The molecule has 0 bridgehead atoms. The fraction of sp³-hybridized carbons (Fsp3) is 0.350. The minimum Gasteiger partial charge on any atom is -0.488 e. The van der Waals surface area contributed by atoms with Gasteiger partial charge in [0.15, 0.2) is 5.82 Å². The molecule has 0 unspecified atom stereocenters. The lowest BCUT2D eigenvalue weighted by Gasteiger charge is -2.43. The second-order valence-corrected chi connectivity index (χ2v) is 8.22. The summed E-state index contributed by atoms with van der Waals surface area (Å²) in [6, 6.07) is 6.39. The summed E-state index contributed by atoms with van der Waals surface area (Å²) in [5, 5.41) is 3.51. The number of halogens is 1. The van der Waals surface area contributed by atoms with Crippen LogP contribution in [0, 0.1) is 11.7 Å². The van der Waals surface area contributed by atoms with Crippen molar-refractivity contribution in [2.24, 2.45) is 5.92 Å². The van der Waals surface area contributed by atoms with Gasteiger partial charge in [0.1, 0.15) is 17.4 Å². The molecule has 0 amide bonds. The Hall–Kier alpha value is -2.74. The number of thiazole rings is 1. The highest BCUT2D eigenvalue weighted by Gasteiger charge is 2.36. The molecule has 2 fully saturated rings. The van der Waals surface area contributed by atoms with Crippen molar-refractivity contribution in [3.8, 4) is 5.75 Å². The molecule has 1 saturated carbocycles. The minimum absolute atomic E-state index is 0.210. The predicted octanol–water partition coefficient (Wildman–Crippen LogP) is 3.37. The number of para-hydroxylation sites is 1. The Labute approximate surface area is 166 Å². The first-order chi connectivity index (χ1) is 13.7. The molecule has 1 aromatic carbocycles. The maximum atomic E-state index is 12.9. The summed E-state index contributed by atoms with van der Waals surface area (Å²) in [5.41, 5.74) is 3.87. The lowest BCUT2D eigenvalue weighted by Crippen LogP contribution is -2.59. The molecule has 28 heavy (non-hydrogen) atoms. The molecule has 8 heteroatoms. The van der Waals surface area contributed by atoms with E-state index in [1.165, 1.54) is 12.4 Å². The van der Waals surface area contributed by atoms with E-state index >= 15 is 0 Å². The van der Waals surface area contributed by atoms with Gasteiger partial charge < -0.3 is 15.0 Å². The summed E-state index contributed by atoms with van der Waals surface area (Å²) in [6.45, 7) is 5.80. The number of fused-ring (bicyclic) bond motifs is 1. The number of nitrogens with one attached hydrogen (secondary N) is 1. The van der Waals surface area contributed by atoms with Gasteiger partial charge >= 0.3 is 0 Å². The van der Waals surface area contributed by atoms with Crippen molar-refractivity contribution in [3.05, 3.63) is 54.2 Å². The highest BCUT2D eigenvalue weighted by Crippen LogP contribution is 2.37. The first-order valence-electron chi connectivity index (χ1n) is 9.32. The Balaban J connectivity index is 1.08. The van der Waals surface area contributed by atoms with E-state index in [1.807, 2.05) is 22.5 Å². The summed E-state index contributed by atoms with van der Waals surface area (Å²) in [5.74, 6) is 1.45. The van der Waals surface area contributed by atoms with Gasteiger partial charge in [-0.05, 0) is 25.0 Å². The number of rotatable bonds is 6. The summed E-state index contributed by atoms with van der Waals surface area (Å²) < 4.78 is 20.2. The molecule has 1 saturated heterocycles. The van der Waals surface area contributed by atoms with Crippen LogP contribution in [0.15, 0.2) is 48.4 Å². The second kappa shape index (κ2) is 7.01. The third-order valence-corrected chi connectivity index (χ3v) is 6.16. The van der Waals surface area contributed by atoms with Gasteiger partial charge in [-0.15, -0.1) is 11.3 Å². The van der Waals surface area contributed by atoms with Crippen LogP contribution in [0.3, 0.4) is 0 Å². The van der Waals surface area contributed by atoms with Crippen LogP contribution >= 0.6 is 11.3 Å². The van der Waals surface area contributed by atoms with Crippen LogP contribution in [0.4, 0.5) is 10.3 Å². The Morgan fingerprint density at radius 3 is 2.79 bits per heavy atom. The maximum Gasteiger partial charge on any atom is 0.225 e. The van der Waals surface area contributed by atoms with Crippen LogP contribution in [0.25, 0.3) is 10.2 Å². The second-order valence-electron chi connectivity index (χ2n) is 7.34. The van der Waals surface area contributed by atoms with Crippen molar-refractivity contribution in [2.75, 3.05) is 18.0 Å².